The second kappa shape index (κ2) is 6.26. The first-order valence-corrected chi connectivity index (χ1v) is 8.13. The van der Waals surface area contributed by atoms with E-state index >= 15 is 0 Å². The molecule has 0 heterocycles. The zero-order valence-corrected chi connectivity index (χ0v) is 13.9. The van der Waals surface area contributed by atoms with Gasteiger partial charge in [-0.15, -0.1) is 0 Å². The van der Waals surface area contributed by atoms with E-state index in [0.29, 0.717) is 16.1 Å². The number of hydrogen-bond donors (Lipinski definition) is 1. The molecule has 2 rings (SSSR count). The van der Waals surface area contributed by atoms with Crippen molar-refractivity contribution in [2.45, 2.75) is 37.1 Å². The van der Waals surface area contributed by atoms with Crippen LogP contribution in [0, 0.1) is 0 Å². The highest BCUT2D eigenvalue weighted by atomic mass is 35.5. The summed E-state index contributed by atoms with van der Waals surface area (Å²) in [5.41, 5.74) is 1.55. The van der Waals surface area contributed by atoms with Crippen LogP contribution in [-0.4, -0.2) is 30.8 Å². The summed E-state index contributed by atoms with van der Waals surface area (Å²) < 4.78 is 0. The van der Waals surface area contributed by atoms with Gasteiger partial charge in [0.2, 0.25) is 0 Å². The van der Waals surface area contributed by atoms with Crippen molar-refractivity contribution in [3.8, 4) is 0 Å². The Bertz CT molecular complexity index is 444. The molecule has 106 valence electrons. The average Bonchev–Trinajstić information content (AvgIpc) is 2.31. The molecule has 1 saturated carbocycles. The minimum Gasteiger partial charge on any atom is -0.306 e. The van der Waals surface area contributed by atoms with Gasteiger partial charge in [-0.25, -0.2) is 0 Å². The van der Waals surface area contributed by atoms with E-state index in [2.05, 4.69) is 43.8 Å². The summed E-state index contributed by atoms with van der Waals surface area (Å²) in [5, 5.41) is 1.30. The van der Waals surface area contributed by atoms with Gasteiger partial charge in [0.05, 0.1) is 10.0 Å². The van der Waals surface area contributed by atoms with Crippen LogP contribution < -0.4 is 0 Å². The molecule has 1 atom stereocenters. The average molecular weight is 318 g/mol. The first-order valence-electron chi connectivity index (χ1n) is 6.74. The summed E-state index contributed by atoms with van der Waals surface area (Å²) in [7, 11) is 4.32. The van der Waals surface area contributed by atoms with Gasteiger partial charge in [0.1, 0.15) is 0 Å². The largest absolute Gasteiger partial charge is 0.306 e. The molecule has 1 aliphatic carbocycles. The summed E-state index contributed by atoms with van der Waals surface area (Å²) in [6.07, 6.45) is 4.83. The molecule has 1 unspecified atom stereocenters. The fraction of sp³-hybridized carbons (Fsp3) is 0.600. The smallest absolute Gasteiger partial charge is 0.0595 e. The topological polar surface area (TPSA) is 3.24 Å². The molecular formula is C15H21Cl2NS. The quantitative estimate of drug-likeness (QED) is 0.773. The molecule has 1 nitrogen and oxygen atoms in total. The van der Waals surface area contributed by atoms with Crippen LogP contribution >= 0.6 is 35.8 Å². The number of halogens is 2. The molecule has 0 spiro atoms. The van der Waals surface area contributed by atoms with Gasteiger partial charge in [0, 0.05) is 11.5 Å². The Morgan fingerprint density at radius 1 is 1.26 bits per heavy atom. The highest BCUT2D eigenvalue weighted by molar-refractivity contribution is 7.80. The molecule has 0 N–H and O–H groups in total. The maximum absolute atomic E-state index is 6.20. The molecule has 0 amide bonds. The van der Waals surface area contributed by atoms with Gasteiger partial charge in [-0.3, -0.25) is 0 Å². The number of likely N-dealkylation sites (N-methyl/N-ethyl adjacent to an activating group) is 1. The van der Waals surface area contributed by atoms with E-state index in [4.69, 9.17) is 23.2 Å². The summed E-state index contributed by atoms with van der Waals surface area (Å²) in [6.45, 7) is 0. The van der Waals surface area contributed by atoms with E-state index < -0.39 is 0 Å². The summed E-state index contributed by atoms with van der Waals surface area (Å²) >= 11 is 16.7. The molecule has 1 aromatic rings. The monoisotopic (exact) mass is 317 g/mol. The third-order valence-electron chi connectivity index (χ3n) is 4.40. The van der Waals surface area contributed by atoms with Gasteiger partial charge in [-0.1, -0.05) is 35.7 Å². The van der Waals surface area contributed by atoms with Crippen molar-refractivity contribution in [3.63, 3.8) is 0 Å². The second-order valence-corrected chi connectivity index (χ2v) is 6.89. The van der Waals surface area contributed by atoms with E-state index in [1.807, 2.05) is 6.07 Å². The minimum absolute atomic E-state index is 0.223. The highest BCUT2D eigenvalue weighted by Crippen LogP contribution is 2.49. The second-order valence-electron chi connectivity index (χ2n) is 5.63. The molecule has 0 bridgehead atoms. The molecule has 4 heteroatoms. The highest BCUT2D eigenvalue weighted by Gasteiger charge is 2.46. The Balaban J connectivity index is 2.37. The first kappa shape index (κ1) is 15.5. The normalized spacial score (nSPS) is 19.3. The molecular weight excluding hydrogens is 297 g/mol. The fourth-order valence-electron chi connectivity index (χ4n) is 3.33. The maximum Gasteiger partial charge on any atom is 0.0595 e. The lowest BCUT2D eigenvalue weighted by Gasteiger charge is -2.51. The predicted molar refractivity (Wildman–Crippen MR) is 87.9 cm³/mol. The van der Waals surface area contributed by atoms with Crippen LogP contribution in [0.4, 0.5) is 0 Å². The Morgan fingerprint density at radius 3 is 2.37 bits per heavy atom. The van der Waals surface area contributed by atoms with Crippen molar-refractivity contribution in [2.75, 3.05) is 19.8 Å². The first-order chi connectivity index (χ1) is 9.01. The Hall–Kier alpha value is 0.110. The number of benzene rings is 1. The van der Waals surface area contributed by atoms with Crippen LogP contribution in [-0.2, 0) is 5.41 Å². The predicted octanol–water partition coefficient (Wildman–Crippen LogP) is 4.67. The van der Waals surface area contributed by atoms with Crippen molar-refractivity contribution in [1.82, 2.24) is 4.90 Å². The number of nitrogens with zero attached hydrogens (tertiary/aromatic N) is 1. The maximum atomic E-state index is 6.20. The van der Waals surface area contributed by atoms with Crippen molar-refractivity contribution >= 4 is 35.8 Å². The summed E-state index contributed by atoms with van der Waals surface area (Å²) in [6, 6.07) is 6.63. The van der Waals surface area contributed by atoms with Crippen molar-refractivity contribution in [1.29, 1.82) is 0 Å². The number of thiol groups is 1. The lowest BCUT2D eigenvalue weighted by atomic mass is 9.59. The van der Waals surface area contributed by atoms with Gasteiger partial charge in [0.15, 0.2) is 0 Å². The SMILES string of the molecule is CN(C)C(CCS)C1(c2ccc(Cl)c(Cl)c2)CCC1. The van der Waals surface area contributed by atoms with E-state index in [9.17, 15) is 0 Å². The van der Waals surface area contributed by atoms with E-state index in [1.54, 1.807) is 0 Å². The summed E-state index contributed by atoms with van der Waals surface area (Å²) in [5.74, 6) is 0.909. The van der Waals surface area contributed by atoms with Crippen molar-refractivity contribution in [3.05, 3.63) is 33.8 Å². The molecule has 1 fully saturated rings. The van der Waals surface area contributed by atoms with E-state index in [0.717, 1.165) is 12.2 Å². The molecule has 0 aliphatic heterocycles. The van der Waals surface area contributed by atoms with Crippen molar-refractivity contribution in [2.24, 2.45) is 0 Å². The molecule has 0 saturated heterocycles. The Labute approximate surface area is 131 Å². The zero-order valence-electron chi connectivity index (χ0n) is 11.5. The van der Waals surface area contributed by atoms with Crippen LogP contribution in [0.1, 0.15) is 31.2 Å². The molecule has 1 aliphatic rings. The Morgan fingerprint density at radius 2 is 1.95 bits per heavy atom. The lowest BCUT2D eigenvalue weighted by Crippen LogP contribution is -2.52. The van der Waals surface area contributed by atoms with Gasteiger partial charge in [0.25, 0.3) is 0 Å². The van der Waals surface area contributed by atoms with Crippen LogP contribution in [0.15, 0.2) is 18.2 Å². The minimum atomic E-state index is 0.223. The van der Waals surface area contributed by atoms with Crippen molar-refractivity contribution < 1.29 is 0 Å². The van der Waals surface area contributed by atoms with Gasteiger partial charge in [-0.2, -0.15) is 12.6 Å². The third-order valence-corrected chi connectivity index (χ3v) is 5.40. The lowest BCUT2D eigenvalue weighted by molar-refractivity contribution is 0.0946. The third kappa shape index (κ3) is 2.92. The standard InChI is InChI=1S/C15H21Cl2NS/c1-18(2)14(6-9-19)15(7-3-8-15)11-4-5-12(16)13(17)10-11/h4-5,10,14,19H,3,6-9H2,1-2H3. The van der Waals surface area contributed by atoms with E-state index in [-0.39, 0.29) is 5.41 Å². The van der Waals surface area contributed by atoms with Crippen LogP contribution in [0.3, 0.4) is 0 Å². The van der Waals surface area contributed by atoms with Crippen LogP contribution in [0.2, 0.25) is 10.0 Å². The van der Waals surface area contributed by atoms with Gasteiger partial charge < -0.3 is 4.90 Å². The molecule has 0 aromatic heterocycles. The molecule has 19 heavy (non-hydrogen) atoms. The Kier molecular flexibility index (Phi) is 5.10. The van der Waals surface area contributed by atoms with Crippen LogP contribution in [0.5, 0.6) is 0 Å². The van der Waals surface area contributed by atoms with Gasteiger partial charge >= 0.3 is 0 Å². The number of hydrogen-bond acceptors (Lipinski definition) is 2. The molecule has 1 aromatic carbocycles. The summed E-state index contributed by atoms with van der Waals surface area (Å²) in [4.78, 5) is 2.33. The number of rotatable bonds is 5. The van der Waals surface area contributed by atoms with Gasteiger partial charge in [-0.05, 0) is 56.8 Å². The van der Waals surface area contributed by atoms with E-state index in [1.165, 1.54) is 24.8 Å². The van der Waals surface area contributed by atoms with Crippen LogP contribution in [0.25, 0.3) is 0 Å². The zero-order chi connectivity index (χ0) is 14.0. The fourth-order valence-corrected chi connectivity index (χ4v) is 3.87. The molecule has 0 radical (unpaired) electrons.